The monoisotopic (exact) mass is 463 g/mol. The fourth-order valence-electron chi connectivity index (χ4n) is 3.54. The summed E-state index contributed by atoms with van der Waals surface area (Å²) in [6, 6.07) is 10.7. The second-order valence-corrected chi connectivity index (χ2v) is 9.97. The molecule has 1 N–H and O–H groups in total. The van der Waals surface area contributed by atoms with Gasteiger partial charge in [0.1, 0.15) is 18.2 Å². The normalized spacial score (nSPS) is 15.0. The molecule has 0 aliphatic carbocycles. The maximum absolute atomic E-state index is 13.2. The number of halogens is 1. The van der Waals surface area contributed by atoms with Gasteiger partial charge in [0.15, 0.2) is 0 Å². The summed E-state index contributed by atoms with van der Waals surface area (Å²) in [5.41, 5.74) is 1.27. The maximum Gasteiger partial charge on any atom is 0.243 e. The molecule has 0 saturated carbocycles. The fraction of sp³-hybridized carbons (Fsp3) is 0.435. The van der Waals surface area contributed by atoms with Gasteiger partial charge >= 0.3 is 0 Å². The molecule has 1 saturated heterocycles. The van der Waals surface area contributed by atoms with Crippen LogP contribution in [0.4, 0.5) is 10.1 Å². The summed E-state index contributed by atoms with van der Waals surface area (Å²) >= 11 is 0. The summed E-state index contributed by atoms with van der Waals surface area (Å²) in [4.78, 5) is 14.5. The summed E-state index contributed by atoms with van der Waals surface area (Å²) in [7, 11) is -1.80. The molecule has 1 amide bonds. The van der Waals surface area contributed by atoms with Gasteiger partial charge < -0.3 is 10.1 Å². The number of hydrogen-bond donors (Lipinski definition) is 1. The lowest BCUT2D eigenvalue weighted by Crippen LogP contribution is -2.35. The molecule has 0 spiro atoms. The molecule has 32 heavy (non-hydrogen) atoms. The number of nitrogens with zero attached hydrogens (tertiary/aromatic N) is 2. The molecule has 0 aromatic heterocycles. The Morgan fingerprint density at radius 3 is 2.62 bits per heavy atom. The van der Waals surface area contributed by atoms with Crippen molar-refractivity contribution in [1.82, 2.24) is 9.21 Å². The Kier molecular flexibility index (Phi) is 8.22. The van der Waals surface area contributed by atoms with E-state index in [9.17, 15) is 17.6 Å². The predicted octanol–water partition coefficient (Wildman–Crippen LogP) is 3.26. The van der Waals surface area contributed by atoms with Gasteiger partial charge in [-0.25, -0.2) is 12.8 Å². The molecule has 0 bridgehead atoms. The molecule has 0 unspecified atom stereocenters. The van der Waals surface area contributed by atoms with E-state index in [0.29, 0.717) is 37.7 Å². The highest BCUT2D eigenvalue weighted by atomic mass is 32.2. The van der Waals surface area contributed by atoms with Crippen LogP contribution in [0.25, 0.3) is 0 Å². The minimum absolute atomic E-state index is 0.106. The van der Waals surface area contributed by atoms with E-state index in [1.165, 1.54) is 22.5 Å². The zero-order chi connectivity index (χ0) is 23.1. The Balaban J connectivity index is 1.55. The average molecular weight is 464 g/mol. The molecule has 0 radical (unpaired) electrons. The Morgan fingerprint density at radius 2 is 1.91 bits per heavy atom. The number of amides is 1. The molecule has 1 aliphatic rings. The number of likely N-dealkylation sites (N-methyl/N-ethyl adjacent to an activating group) is 1. The Hall–Kier alpha value is -2.49. The largest absolute Gasteiger partial charge is 0.492 e. The van der Waals surface area contributed by atoms with E-state index < -0.39 is 10.0 Å². The number of carbonyl (C=O) groups is 1. The number of aryl methyl sites for hydroxylation is 1. The first-order valence-corrected chi connectivity index (χ1v) is 12.2. The van der Waals surface area contributed by atoms with Crippen molar-refractivity contribution < 1.29 is 22.3 Å². The second-order valence-electron chi connectivity index (χ2n) is 8.03. The molecule has 3 rings (SSSR count). The molecule has 1 heterocycles. The third kappa shape index (κ3) is 6.51. The van der Waals surface area contributed by atoms with Crippen molar-refractivity contribution in [2.45, 2.75) is 31.1 Å². The van der Waals surface area contributed by atoms with E-state index in [-0.39, 0.29) is 23.2 Å². The molecule has 2 aromatic carbocycles. The number of sulfonamides is 1. The van der Waals surface area contributed by atoms with E-state index >= 15 is 0 Å². The number of benzene rings is 2. The van der Waals surface area contributed by atoms with Crippen LogP contribution in [0.2, 0.25) is 0 Å². The number of hydrogen-bond acceptors (Lipinski definition) is 5. The van der Waals surface area contributed by atoms with Crippen molar-refractivity contribution in [3.8, 4) is 5.75 Å². The number of ether oxygens (including phenoxy) is 1. The highest BCUT2D eigenvalue weighted by Crippen LogP contribution is 2.25. The molecular formula is C23H30FN3O4S. The van der Waals surface area contributed by atoms with E-state index in [1.807, 2.05) is 6.92 Å². The molecule has 9 heteroatoms. The predicted molar refractivity (Wildman–Crippen MR) is 122 cm³/mol. The van der Waals surface area contributed by atoms with Crippen LogP contribution < -0.4 is 10.1 Å². The lowest BCUT2D eigenvalue weighted by atomic mass is 10.2. The number of carbonyl (C=O) groups excluding carboxylic acids is 1. The summed E-state index contributed by atoms with van der Waals surface area (Å²) in [6.45, 7) is 3.75. The van der Waals surface area contributed by atoms with Gasteiger partial charge in [0.2, 0.25) is 15.9 Å². The van der Waals surface area contributed by atoms with Gasteiger partial charge in [-0.3, -0.25) is 9.69 Å². The van der Waals surface area contributed by atoms with Crippen LogP contribution in [0.3, 0.4) is 0 Å². The summed E-state index contributed by atoms with van der Waals surface area (Å²) in [6.07, 6.45) is 2.77. The van der Waals surface area contributed by atoms with Crippen LogP contribution in [-0.4, -0.2) is 63.4 Å². The standard InChI is InChI=1S/C23H30FN3O4S/c1-18-9-10-21(32(29,30)27-11-4-3-5-12-27)16-22(18)25-23(28)17-26(2)13-14-31-20-8-6-7-19(24)15-20/h6-10,15-16H,3-5,11-14,17H2,1-2H3,(H,25,28). The average Bonchev–Trinajstić information content (AvgIpc) is 2.76. The Morgan fingerprint density at radius 1 is 1.16 bits per heavy atom. The molecule has 7 nitrogen and oxygen atoms in total. The first-order chi connectivity index (χ1) is 15.3. The van der Waals surface area contributed by atoms with Crippen LogP contribution in [0.15, 0.2) is 47.4 Å². The summed E-state index contributed by atoms with van der Waals surface area (Å²) in [5.74, 6) is -0.186. The van der Waals surface area contributed by atoms with E-state index in [4.69, 9.17) is 4.74 Å². The van der Waals surface area contributed by atoms with Crippen molar-refractivity contribution in [1.29, 1.82) is 0 Å². The Bertz CT molecular complexity index is 1040. The Labute approximate surface area is 189 Å². The lowest BCUT2D eigenvalue weighted by Gasteiger charge is -2.26. The molecule has 0 atom stereocenters. The highest BCUT2D eigenvalue weighted by Gasteiger charge is 2.26. The minimum Gasteiger partial charge on any atom is -0.492 e. The lowest BCUT2D eigenvalue weighted by molar-refractivity contribution is -0.117. The van der Waals surface area contributed by atoms with Crippen molar-refractivity contribution in [3.05, 3.63) is 53.8 Å². The van der Waals surface area contributed by atoms with Crippen molar-refractivity contribution in [3.63, 3.8) is 0 Å². The molecule has 174 valence electrons. The SMILES string of the molecule is Cc1ccc(S(=O)(=O)N2CCCCC2)cc1NC(=O)CN(C)CCOc1cccc(F)c1. The van der Waals surface area contributed by atoms with E-state index in [2.05, 4.69) is 5.32 Å². The van der Waals surface area contributed by atoms with Gasteiger partial charge in [-0.1, -0.05) is 18.6 Å². The molecule has 1 aliphatic heterocycles. The van der Waals surface area contributed by atoms with E-state index in [0.717, 1.165) is 24.8 Å². The van der Waals surface area contributed by atoms with Crippen molar-refractivity contribution in [2.75, 3.05) is 45.2 Å². The smallest absolute Gasteiger partial charge is 0.243 e. The number of nitrogens with one attached hydrogen (secondary N) is 1. The fourth-order valence-corrected chi connectivity index (χ4v) is 5.08. The van der Waals surface area contributed by atoms with Gasteiger partial charge in [0.25, 0.3) is 0 Å². The van der Waals surface area contributed by atoms with Gasteiger partial charge in [0.05, 0.1) is 11.4 Å². The van der Waals surface area contributed by atoms with E-state index in [1.54, 1.807) is 36.2 Å². The third-order valence-corrected chi connectivity index (χ3v) is 7.28. The molecular weight excluding hydrogens is 433 g/mol. The summed E-state index contributed by atoms with van der Waals surface area (Å²) < 4.78 is 46.1. The van der Waals surface area contributed by atoms with Crippen LogP contribution in [-0.2, 0) is 14.8 Å². The molecule has 2 aromatic rings. The zero-order valence-corrected chi connectivity index (χ0v) is 19.3. The van der Waals surface area contributed by atoms with Gasteiger partial charge in [0, 0.05) is 31.4 Å². The van der Waals surface area contributed by atoms with Gasteiger partial charge in [-0.05, 0) is 56.6 Å². The van der Waals surface area contributed by atoms with Crippen LogP contribution in [0.1, 0.15) is 24.8 Å². The highest BCUT2D eigenvalue weighted by molar-refractivity contribution is 7.89. The molecule has 1 fully saturated rings. The maximum atomic E-state index is 13.2. The van der Waals surface area contributed by atoms with Crippen molar-refractivity contribution >= 4 is 21.6 Å². The second kappa shape index (κ2) is 10.9. The topological polar surface area (TPSA) is 79.0 Å². The quantitative estimate of drug-likeness (QED) is 0.618. The number of anilines is 1. The zero-order valence-electron chi connectivity index (χ0n) is 18.5. The number of rotatable bonds is 9. The first-order valence-electron chi connectivity index (χ1n) is 10.7. The van der Waals surface area contributed by atoms with Crippen LogP contribution >= 0.6 is 0 Å². The first kappa shape index (κ1) is 24.2. The van der Waals surface area contributed by atoms with Gasteiger partial charge in [-0.2, -0.15) is 4.31 Å². The number of piperidine rings is 1. The van der Waals surface area contributed by atoms with Crippen LogP contribution in [0, 0.1) is 12.7 Å². The van der Waals surface area contributed by atoms with Crippen molar-refractivity contribution in [2.24, 2.45) is 0 Å². The van der Waals surface area contributed by atoms with Crippen LogP contribution in [0.5, 0.6) is 5.75 Å². The summed E-state index contributed by atoms with van der Waals surface area (Å²) in [5, 5.41) is 2.82. The van der Waals surface area contributed by atoms with Gasteiger partial charge in [-0.15, -0.1) is 0 Å². The minimum atomic E-state index is -3.57. The third-order valence-electron chi connectivity index (χ3n) is 5.39.